The first-order valence-corrected chi connectivity index (χ1v) is 6.93. The van der Waals surface area contributed by atoms with Gasteiger partial charge in [0.25, 0.3) is 0 Å². The second-order valence-electron chi connectivity index (χ2n) is 4.89. The summed E-state index contributed by atoms with van der Waals surface area (Å²) in [6.07, 6.45) is 0.566. The first-order valence-electron chi connectivity index (χ1n) is 6.93. The van der Waals surface area contributed by atoms with Gasteiger partial charge in [-0.05, 0) is 38.0 Å². The number of rotatable bonds is 7. The van der Waals surface area contributed by atoms with Crippen LogP contribution in [0.15, 0.2) is 24.3 Å². The summed E-state index contributed by atoms with van der Waals surface area (Å²) in [4.78, 5) is 11.6. The summed E-state index contributed by atoms with van der Waals surface area (Å²) in [6.45, 7) is 6.15. The first kappa shape index (κ1) is 16.3. The highest BCUT2D eigenvalue weighted by Crippen LogP contribution is 2.13. The number of ether oxygens (including phenoxy) is 1. The van der Waals surface area contributed by atoms with Crippen LogP contribution in [0.3, 0.4) is 0 Å². The zero-order valence-electron chi connectivity index (χ0n) is 12.3. The largest absolute Gasteiger partial charge is 0.489 e. The second-order valence-corrected chi connectivity index (χ2v) is 4.89. The minimum Gasteiger partial charge on any atom is -0.489 e. The SMILES string of the molecule is CCC(CO)NC(=O)NCC(C)Oc1cccc(C)c1. The molecule has 0 heterocycles. The van der Waals surface area contributed by atoms with E-state index >= 15 is 0 Å². The molecule has 0 fully saturated rings. The molecule has 0 aliphatic carbocycles. The highest BCUT2D eigenvalue weighted by molar-refractivity contribution is 5.74. The van der Waals surface area contributed by atoms with Gasteiger partial charge in [-0.3, -0.25) is 0 Å². The van der Waals surface area contributed by atoms with Crippen molar-refractivity contribution in [1.82, 2.24) is 10.6 Å². The Morgan fingerprint density at radius 3 is 2.80 bits per heavy atom. The molecule has 2 unspecified atom stereocenters. The zero-order chi connectivity index (χ0) is 15.0. The van der Waals surface area contributed by atoms with Crippen molar-refractivity contribution in [1.29, 1.82) is 0 Å². The summed E-state index contributed by atoms with van der Waals surface area (Å²) in [5.74, 6) is 0.793. The molecule has 0 spiro atoms. The van der Waals surface area contributed by atoms with Gasteiger partial charge in [-0.1, -0.05) is 19.1 Å². The number of aryl methyl sites for hydroxylation is 1. The van der Waals surface area contributed by atoms with Crippen LogP contribution in [0.4, 0.5) is 4.79 Å². The Morgan fingerprint density at radius 2 is 2.20 bits per heavy atom. The smallest absolute Gasteiger partial charge is 0.315 e. The van der Waals surface area contributed by atoms with Crippen LogP contribution in [0.2, 0.25) is 0 Å². The molecule has 0 aliphatic rings. The molecule has 112 valence electrons. The third-order valence-electron chi connectivity index (χ3n) is 2.93. The Bertz CT molecular complexity index is 419. The molecule has 3 N–H and O–H groups in total. The highest BCUT2D eigenvalue weighted by Gasteiger charge is 2.10. The summed E-state index contributed by atoms with van der Waals surface area (Å²) < 4.78 is 5.71. The van der Waals surface area contributed by atoms with Gasteiger partial charge < -0.3 is 20.5 Å². The molecular weight excluding hydrogens is 256 g/mol. The third kappa shape index (κ3) is 5.93. The van der Waals surface area contributed by atoms with Crippen LogP contribution in [0.5, 0.6) is 5.75 Å². The van der Waals surface area contributed by atoms with Crippen molar-refractivity contribution in [3.05, 3.63) is 29.8 Å². The van der Waals surface area contributed by atoms with Crippen LogP contribution >= 0.6 is 0 Å². The van der Waals surface area contributed by atoms with Gasteiger partial charge in [0, 0.05) is 0 Å². The first-order chi connectivity index (χ1) is 9.55. The van der Waals surface area contributed by atoms with Crippen LogP contribution in [0.25, 0.3) is 0 Å². The van der Waals surface area contributed by atoms with E-state index < -0.39 is 0 Å². The van der Waals surface area contributed by atoms with Crippen LogP contribution in [-0.2, 0) is 0 Å². The number of carbonyl (C=O) groups is 1. The van der Waals surface area contributed by atoms with Gasteiger partial charge in [-0.25, -0.2) is 4.79 Å². The van der Waals surface area contributed by atoms with E-state index in [1.54, 1.807) is 0 Å². The van der Waals surface area contributed by atoms with Crippen LogP contribution in [-0.4, -0.2) is 36.4 Å². The van der Waals surface area contributed by atoms with E-state index in [4.69, 9.17) is 9.84 Å². The number of urea groups is 1. The normalized spacial score (nSPS) is 13.4. The fraction of sp³-hybridized carbons (Fsp3) is 0.533. The van der Waals surface area contributed by atoms with Crippen molar-refractivity contribution in [3.8, 4) is 5.75 Å². The fourth-order valence-electron chi connectivity index (χ4n) is 1.71. The molecule has 2 atom stereocenters. The van der Waals surface area contributed by atoms with E-state index in [0.717, 1.165) is 11.3 Å². The van der Waals surface area contributed by atoms with Crippen molar-refractivity contribution in [3.63, 3.8) is 0 Å². The second kappa shape index (κ2) is 8.43. The number of amides is 2. The highest BCUT2D eigenvalue weighted by atomic mass is 16.5. The summed E-state index contributed by atoms with van der Waals surface area (Å²) in [6, 6.07) is 7.29. The molecule has 0 aromatic heterocycles. The maximum atomic E-state index is 11.6. The summed E-state index contributed by atoms with van der Waals surface area (Å²) in [5, 5.41) is 14.4. The van der Waals surface area contributed by atoms with Gasteiger partial charge in [0.05, 0.1) is 19.2 Å². The van der Waals surface area contributed by atoms with Crippen LogP contribution in [0, 0.1) is 6.92 Å². The molecule has 20 heavy (non-hydrogen) atoms. The van der Waals surface area contributed by atoms with Crippen LogP contribution in [0.1, 0.15) is 25.8 Å². The molecule has 5 heteroatoms. The Morgan fingerprint density at radius 1 is 1.45 bits per heavy atom. The Kier molecular flexibility index (Phi) is 6.87. The Balaban J connectivity index is 2.32. The number of benzene rings is 1. The van der Waals surface area contributed by atoms with E-state index in [1.165, 1.54) is 0 Å². The maximum absolute atomic E-state index is 11.6. The summed E-state index contributed by atoms with van der Waals surface area (Å²) in [7, 11) is 0. The van der Waals surface area contributed by atoms with Crippen molar-refractivity contribution in [2.45, 2.75) is 39.3 Å². The number of hydrogen-bond donors (Lipinski definition) is 3. The molecule has 0 radical (unpaired) electrons. The molecule has 0 aliphatic heterocycles. The van der Waals surface area contributed by atoms with Gasteiger partial charge >= 0.3 is 6.03 Å². The average molecular weight is 280 g/mol. The molecular formula is C15H24N2O3. The van der Waals surface area contributed by atoms with Gasteiger partial charge in [0.15, 0.2) is 0 Å². The molecule has 0 saturated heterocycles. The Hall–Kier alpha value is -1.75. The molecule has 0 saturated carbocycles. The zero-order valence-corrected chi connectivity index (χ0v) is 12.3. The van der Waals surface area contributed by atoms with Crippen molar-refractivity contribution in [2.24, 2.45) is 0 Å². The average Bonchev–Trinajstić information content (AvgIpc) is 2.42. The van der Waals surface area contributed by atoms with E-state index in [1.807, 2.05) is 45.0 Å². The molecule has 1 rings (SSSR count). The number of aliphatic hydroxyl groups is 1. The number of aliphatic hydroxyl groups excluding tert-OH is 1. The van der Waals surface area contributed by atoms with Gasteiger partial charge in [-0.2, -0.15) is 0 Å². The molecule has 1 aromatic carbocycles. The predicted octanol–water partition coefficient (Wildman–Crippen LogP) is 1.83. The third-order valence-corrected chi connectivity index (χ3v) is 2.93. The maximum Gasteiger partial charge on any atom is 0.315 e. The number of hydrogen-bond acceptors (Lipinski definition) is 3. The lowest BCUT2D eigenvalue weighted by atomic mass is 10.2. The van der Waals surface area contributed by atoms with E-state index in [9.17, 15) is 4.79 Å². The van der Waals surface area contributed by atoms with Crippen molar-refractivity contribution < 1.29 is 14.6 Å². The minimum atomic E-state index is -0.286. The lowest BCUT2D eigenvalue weighted by Crippen LogP contribution is -2.46. The lowest BCUT2D eigenvalue weighted by molar-refractivity contribution is 0.198. The van der Waals surface area contributed by atoms with Gasteiger partial charge in [0.2, 0.25) is 0 Å². The summed E-state index contributed by atoms with van der Waals surface area (Å²) >= 11 is 0. The molecule has 1 aromatic rings. The Labute approximate surface area is 120 Å². The monoisotopic (exact) mass is 280 g/mol. The standard InChI is InChI=1S/C15H24N2O3/c1-4-13(10-18)17-15(19)16-9-12(3)20-14-7-5-6-11(2)8-14/h5-8,12-13,18H,4,9-10H2,1-3H3,(H2,16,17,19). The van der Waals surface area contributed by atoms with Crippen molar-refractivity contribution in [2.75, 3.05) is 13.2 Å². The quantitative estimate of drug-likeness (QED) is 0.713. The van der Waals surface area contributed by atoms with Crippen LogP contribution < -0.4 is 15.4 Å². The van der Waals surface area contributed by atoms with E-state index in [0.29, 0.717) is 13.0 Å². The van der Waals surface area contributed by atoms with E-state index in [2.05, 4.69) is 10.6 Å². The molecule has 0 bridgehead atoms. The fourth-order valence-corrected chi connectivity index (χ4v) is 1.71. The topological polar surface area (TPSA) is 70.6 Å². The minimum absolute atomic E-state index is 0.0563. The molecule has 5 nitrogen and oxygen atoms in total. The molecule has 2 amide bonds. The summed E-state index contributed by atoms with van der Waals surface area (Å²) in [5.41, 5.74) is 1.13. The number of nitrogens with one attached hydrogen (secondary N) is 2. The van der Waals surface area contributed by atoms with Gasteiger partial charge in [0.1, 0.15) is 11.9 Å². The predicted molar refractivity (Wildman–Crippen MR) is 79.0 cm³/mol. The number of carbonyl (C=O) groups excluding carboxylic acids is 1. The van der Waals surface area contributed by atoms with E-state index in [-0.39, 0.29) is 24.8 Å². The lowest BCUT2D eigenvalue weighted by Gasteiger charge is -2.18. The van der Waals surface area contributed by atoms with Crippen molar-refractivity contribution >= 4 is 6.03 Å². The van der Waals surface area contributed by atoms with Gasteiger partial charge in [-0.15, -0.1) is 0 Å².